The normalized spacial score (nSPS) is 18.9. The molecule has 1 fully saturated rings. The van der Waals surface area contributed by atoms with Gasteiger partial charge in [0.15, 0.2) is 24.6 Å². The molecule has 1 rings (SSSR count). The van der Waals surface area contributed by atoms with Gasteiger partial charge in [0.2, 0.25) is 0 Å². The van der Waals surface area contributed by atoms with Gasteiger partial charge in [0, 0.05) is 19.3 Å². The molecule has 12 nitrogen and oxygen atoms in total. The Morgan fingerprint density at radius 2 is 0.831 bits per heavy atom. The number of carboxylic acid groups (broad SMARTS) is 1. The lowest BCUT2D eigenvalue weighted by atomic mass is 9.98. The lowest BCUT2D eigenvalue weighted by molar-refractivity contribution is -0.301. The summed E-state index contributed by atoms with van der Waals surface area (Å²) in [4.78, 5) is 51.1. The van der Waals surface area contributed by atoms with Gasteiger partial charge in [0.1, 0.15) is 18.8 Å². The van der Waals surface area contributed by atoms with Gasteiger partial charge in [0.25, 0.3) is 0 Å². The van der Waals surface area contributed by atoms with E-state index in [0.717, 1.165) is 128 Å². The second-order valence-electron chi connectivity index (χ2n) is 19.5. The van der Waals surface area contributed by atoms with Crippen LogP contribution < -0.4 is 0 Å². The first kappa shape index (κ1) is 70.1. The van der Waals surface area contributed by atoms with Crippen LogP contribution in [0.2, 0.25) is 0 Å². The summed E-state index contributed by atoms with van der Waals surface area (Å²) in [7, 11) is 0. The smallest absolute Gasteiger partial charge is 0.335 e. The van der Waals surface area contributed by atoms with Gasteiger partial charge in [-0.05, 0) is 122 Å². The van der Waals surface area contributed by atoms with Crippen LogP contribution in [0.1, 0.15) is 213 Å². The number of aliphatic hydroxyl groups excluding tert-OH is 2. The fourth-order valence-electron chi connectivity index (χ4n) is 8.03. The molecule has 0 saturated carbocycles. The predicted octanol–water partition coefficient (Wildman–Crippen LogP) is 15.2. The third-order valence-corrected chi connectivity index (χ3v) is 12.5. The summed E-state index contributed by atoms with van der Waals surface area (Å²) in [6, 6.07) is 0. The lowest BCUT2D eigenvalue weighted by Crippen LogP contribution is -2.61. The average molecular weight is 1080 g/mol. The highest BCUT2D eigenvalue weighted by atomic mass is 16.7. The van der Waals surface area contributed by atoms with Crippen molar-refractivity contribution in [2.24, 2.45) is 0 Å². The molecule has 0 bridgehead atoms. The second kappa shape index (κ2) is 51.9. The van der Waals surface area contributed by atoms with Crippen molar-refractivity contribution in [1.29, 1.82) is 0 Å². The van der Waals surface area contributed by atoms with Crippen molar-refractivity contribution in [2.45, 2.75) is 250 Å². The minimum Gasteiger partial charge on any atom is -0.479 e. The number of carboxylic acids is 1. The molecule has 77 heavy (non-hydrogen) atoms. The first-order valence-electron chi connectivity index (χ1n) is 29.5. The van der Waals surface area contributed by atoms with Gasteiger partial charge in [0.05, 0.1) is 6.61 Å². The number of aliphatic carboxylic acids is 1. The maximum absolute atomic E-state index is 13.1. The second-order valence-corrected chi connectivity index (χ2v) is 19.5. The van der Waals surface area contributed by atoms with E-state index >= 15 is 0 Å². The highest BCUT2D eigenvalue weighted by Gasteiger charge is 2.50. The Morgan fingerprint density at radius 3 is 1.29 bits per heavy atom. The number of carbonyl (C=O) groups is 4. The fourth-order valence-corrected chi connectivity index (χ4v) is 8.03. The molecule has 1 aliphatic heterocycles. The number of esters is 3. The molecule has 0 spiro atoms. The van der Waals surface area contributed by atoms with E-state index in [1.54, 1.807) is 0 Å². The minimum absolute atomic E-state index is 0.0276. The molecular weight excluding hydrogens is 973 g/mol. The molecule has 6 unspecified atom stereocenters. The van der Waals surface area contributed by atoms with Crippen LogP contribution in [0, 0.1) is 0 Å². The summed E-state index contributed by atoms with van der Waals surface area (Å²) in [6.07, 6.45) is 58.8. The molecule has 0 aromatic rings. The summed E-state index contributed by atoms with van der Waals surface area (Å²) < 4.78 is 28.3. The van der Waals surface area contributed by atoms with E-state index in [2.05, 4.69) is 130 Å². The van der Waals surface area contributed by atoms with E-state index < -0.39 is 67.3 Å². The van der Waals surface area contributed by atoms with Crippen LogP contribution in [0.15, 0.2) is 122 Å². The molecule has 0 aromatic carbocycles. The van der Waals surface area contributed by atoms with Gasteiger partial charge in [-0.2, -0.15) is 0 Å². The van der Waals surface area contributed by atoms with Crippen LogP contribution in [0.4, 0.5) is 0 Å². The van der Waals surface area contributed by atoms with Gasteiger partial charge < -0.3 is 39.0 Å². The zero-order valence-electron chi connectivity index (χ0n) is 47.7. The third kappa shape index (κ3) is 41.8. The monoisotopic (exact) mass is 1070 g/mol. The van der Waals surface area contributed by atoms with Gasteiger partial charge in [-0.15, -0.1) is 0 Å². The van der Waals surface area contributed by atoms with Gasteiger partial charge in [-0.1, -0.05) is 194 Å². The average Bonchev–Trinajstić information content (AvgIpc) is 3.43. The first-order valence-corrected chi connectivity index (χ1v) is 29.5. The summed E-state index contributed by atoms with van der Waals surface area (Å²) in [6.45, 7) is 5.68. The highest BCUT2D eigenvalue weighted by molar-refractivity contribution is 5.74. The Labute approximate surface area is 465 Å². The highest BCUT2D eigenvalue weighted by Crippen LogP contribution is 2.26. The molecule has 6 atom stereocenters. The number of hydrogen-bond donors (Lipinski definition) is 3. The van der Waals surface area contributed by atoms with E-state index in [1.165, 1.54) is 19.3 Å². The van der Waals surface area contributed by atoms with E-state index in [1.807, 2.05) is 12.2 Å². The van der Waals surface area contributed by atoms with Crippen LogP contribution >= 0.6 is 0 Å². The van der Waals surface area contributed by atoms with Crippen molar-refractivity contribution in [3.05, 3.63) is 122 Å². The first-order chi connectivity index (χ1) is 37.6. The van der Waals surface area contributed by atoms with Crippen LogP contribution in [0.5, 0.6) is 0 Å². The molecule has 0 aliphatic carbocycles. The summed E-state index contributed by atoms with van der Waals surface area (Å²) in [5, 5.41) is 31.5. The van der Waals surface area contributed by atoms with Crippen LogP contribution in [0.25, 0.3) is 0 Å². The van der Waals surface area contributed by atoms with E-state index in [0.29, 0.717) is 25.7 Å². The van der Waals surface area contributed by atoms with Gasteiger partial charge >= 0.3 is 23.9 Å². The number of allylic oxidation sites excluding steroid dienone is 20. The van der Waals surface area contributed by atoms with Crippen molar-refractivity contribution in [3.8, 4) is 0 Å². The summed E-state index contributed by atoms with van der Waals surface area (Å²) in [5.74, 6) is -3.26. The molecule has 0 amide bonds. The minimum atomic E-state index is -1.93. The SMILES string of the molecule is CC/C=C\C/C=C\C/C=C\C/C=C\C/C=C\CCCC(=O)OC1C(OCC(COC(=O)CCCCCCC/C=C\C/C=C\C/C=C\CC)OC(=O)CCCCCCC/C=C\C/C=C\CCCCC)OC(C(=O)O)C(O)C1O. The maximum Gasteiger partial charge on any atom is 0.335 e. The predicted molar refractivity (Wildman–Crippen MR) is 312 cm³/mol. The number of rotatable bonds is 48. The zero-order valence-corrected chi connectivity index (χ0v) is 47.7. The lowest BCUT2D eigenvalue weighted by Gasteiger charge is -2.40. The number of ether oxygens (including phenoxy) is 5. The number of hydrogen-bond acceptors (Lipinski definition) is 11. The number of unbranched alkanes of at least 4 members (excludes halogenated alkanes) is 14. The number of aliphatic hydroxyl groups is 2. The van der Waals surface area contributed by atoms with Gasteiger partial charge in [-0.3, -0.25) is 14.4 Å². The Morgan fingerprint density at radius 1 is 0.442 bits per heavy atom. The Hall–Kier alpha value is -4.88. The molecule has 0 radical (unpaired) electrons. The van der Waals surface area contributed by atoms with E-state index in [9.17, 15) is 34.5 Å². The Bertz CT molecular complexity index is 1800. The van der Waals surface area contributed by atoms with Crippen molar-refractivity contribution in [1.82, 2.24) is 0 Å². The maximum atomic E-state index is 13.1. The quantitative estimate of drug-likeness (QED) is 0.0228. The van der Waals surface area contributed by atoms with Crippen molar-refractivity contribution >= 4 is 23.9 Å². The fraction of sp³-hybridized carbons (Fsp3) is 0.631. The molecule has 0 aromatic heterocycles. The van der Waals surface area contributed by atoms with Crippen LogP contribution in [-0.4, -0.2) is 89.2 Å². The van der Waals surface area contributed by atoms with Crippen LogP contribution in [-0.2, 0) is 42.9 Å². The molecular formula is C65H102O12. The Balaban J connectivity index is 2.76. The van der Waals surface area contributed by atoms with E-state index in [-0.39, 0.29) is 25.9 Å². The van der Waals surface area contributed by atoms with Crippen molar-refractivity contribution in [3.63, 3.8) is 0 Å². The molecule has 1 heterocycles. The topological polar surface area (TPSA) is 175 Å². The number of carbonyl (C=O) groups excluding carboxylic acids is 3. The summed E-state index contributed by atoms with van der Waals surface area (Å²) in [5.41, 5.74) is 0. The summed E-state index contributed by atoms with van der Waals surface area (Å²) >= 11 is 0. The van der Waals surface area contributed by atoms with Crippen molar-refractivity contribution < 1.29 is 58.2 Å². The third-order valence-electron chi connectivity index (χ3n) is 12.5. The largest absolute Gasteiger partial charge is 0.479 e. The molecule has 1 saturated heterocycles. The van der Waals surface area contributed by atoms with E-state index in [4.69, 9.17) is 23.7 Å². The zero-order chi connectivity index (χ0) is 56.1. The Kier molecular flexibility index (Phi) is 47.2. The van der Waals surface area contributed by atoms with Crippen LogP contribution in [0.3, 0.4) is 0 Å². The molecule has 3 N–H and O–H groups in total. The molecule has 434 valence electrons. The molecule has 12 heteroatoms. The van der Waals surface area contributed by atoms with Gasteiger partial charge in [-0.25, -0.2) is 4.79 Å². The van der Waals surface area contributed by atoms with Crippen molar-refractivity contribution in [2.75, 3.05) is 13.2 Å². The standard InChI is InChI=1S/C65H102O12/c1-4-7-10-13-16-19-22-25-28-29-32-35-38-41-44-47-50-53-59(68)76-63-61(70)60(69)62(64(71)72)77-65(63)74-55-56(75-58(67)52-49-46-43-40-37-34-31-27-24-21-18-15-12-9-6-3)54-73-57(66)51-48-45-42-39-36-33-30-26-23-20-17-14-11-8-5-2/h7-8,10-11,16-21,25-28,30-32,35,41,44,56,60-63,65,69-70H,4-6,9,12-15,22-24,29,33-34,36-40,42-43,45-55H2,1-3H3,(H,71,72)/b10-7-,11-8-,19-16-,20-17-,21-18-,28-25-,30-26-,31-27-,35-32-,44-41-. The molecule has 1 aliphatic rings.